The standard InChI is InChI=1S/C12H9FN4.C7H6BrN3.C5H4BFNO2/c1-17-6-4-9-12(17)16-10(7-15-9)8-3-2-5-14-11(8)13;1-11-3-2-5-7(11)10-6(8)4-9-5;7-5-4(10-6-9)2-1-3-8-5/h2-7H,1H3;2-4H,1H3;1-3,9H. The Morgan fingerprint density at radius 2 is 1.42 bits per heavy atom. The van der Waals surface area contributed by atoms with Crippen LogP contribution in [0, 0.1) is 11.9 Å². The lowest BCUT2D eigenvalue weighted by Gasteiger charge is -2.02. The van der Waals surface area contributed by atoms with Crippen LogP contribution in [0.2, 0.25) is 0 Å². The lowest BCUT2D eigenvalue weighted by atomic mass is 10.2. The average molecular weight is 580 g/mol. The number of aromatic nitrogens is 8. The third-order valence-electron chi connectivity index (χ3n) is 5.05. The molecule has 6 heterocycles. The minimum absolute atomic E-state index is 0.0926. The second-order valence-electron chi connectivity index (χ2n) is 7.58. The second-order valence-corrected chi connectivity index (χ2v) is 8.39. The van der Waals surface area contributed by atoms with Crippen molar-refractivity contribution in [3.8, 4) is 17.0 Å². The van der Waals surface area contributed by atoms with Gasteiger partial charge in [0.2, 0.25) is 5.95 Å². The highest BCUT2D eigenvalue weighted by molar-refractivity contribution is 9.10. The number of hydrogen-bond donors (Lipinski definition) is 1. The summed E-state index contributed by atoms with van der Waals surface area (Å²) in [5.41, 5.74) is 4.20. The van der Waals surface area contributed by atoms with Crippen LogP contribution in [0.1, 0.15) is 0 Å². The Morgan fingerprint density at radius 3 is 2.05 bits per heavy atom. The molecular formula is C24H19BBrF2N8O2. The molecule has 0 fully saturated rings. The van der Waals surface area contributed by atoms with Crippen molar-refractivity contribution >= 4 is 45.9 Å². The molecule has 14 heteroatoms. The van der Waals surface area contributed by atoms with E-state index < -0.39 is 11.9 Å². The SMILES string of the molecule is Cn1ccc2ncc(-c3cccnc3F)nc21.Cn1ccc2ncc(Br)nc21.O[B]Oc1cccnc1F. The van der Waals surface area contributed by atoms with E-state index in [9.17, 15) is 8.78 Å². The highest BCUT2D eigenvalue weighted by Crippen LogP contribution is 2.20. The maximum atomic E-state index is 13.5. The van der Waals surface area contributed by atoms with Crippen molar-refractivity contribution in [2.24, 2.45) is 14.1 Å². The van der Waals surface area contributed by atoms with Crippen molar-refractivity contribution in [2.75, 3.05) is 0 Å². The summed E-state index contributed by atoms with van der Waals surface area (Å²) in [7, 11) is 4.23. The number of fused-ring (bicyclic) bond motifs is 2. The van der Waals surface area contributed by atoms with Crippen molar-refractivity contribution in [1.82, 2.24) is 39.0 Å². The molecule has 0 aliphatic carbocycles. The van der Waals surface area contributed by atoms with E-state index in [1.165, 1.54) is 24.5 Å². The fourth-order valence-electron chi connectivity index (χ4n) is 3.24. The Bertz CT molecular complexity index is 1680. The molecule has 6 aromatic heterocycles. The third kappa shape index (κ3) is 6.33. The van der Waals surface area contributed by atoms with E-state index in [-0.39, 0.29) is 5.75 Å². The Kier molecular flexibility index (Phi) is 8.66. The zero-order chi connectivity index (χ0) is 27.1. The van der Waals surface area contributed by atoms with Crippen LogP contribution in [0.15, 0.2) is 78.2 Å². The molecule has 10 nitrogen and oxygen atoms in total. The van der Waals surface area contributed by atoms with Crippen LogP contribution in [0.3, 0.4) is 0 Å². The number of hydrogen-bond acceptors (Lipinski definition) is 8. The molecule has 0 spiro atoms. The predicted octanol–water partition coefficient (Wildman–Crippen LogP) is 4.03. The topological polar surface area (TPSA) is 117 Å². The molecule has 1 radical (unpaired) electrons. The first-order valence-electron chi connectivity index (χ1n) is 10.9. The first kappa shape index (κ1) is 26.8. The first-order valence-corrected chi connectivity index (χ1v) is 11.7. The van der Waals surface area contributed by atoms with Crippen molar-refractivity contribution in [2.45, 2.75) is 0 Å². The Labute approximate surface area is 224 Å². The van der Waals surface area contributed by atoms with Gasteiger partial charge in [0.05, 0.1) is 23.7 Å². The van der Waals surface area contributed by atoms with Gasteiger partial charge >= 0.3 is 7.69 Å². The summed E-state index contributed by atoms with van der Waals surface area (Å²) in [5, 5.41) is 8.10. The van der Waals surface area contributed by atoms with Gasteiger partial charge < -0.3 is 18.8 Å². The number of nitrogens with zero attached hydrogens (tertiary/aromatic N) is 8. The van der Waals surface area contributed by atoms with Crippen molar-refractivity contribution in [3.63, 3.8) is 0 Å². The lowest BCUT2D eigenvalue weighted by Crippen LogP contribution is -2.02. The molecule has 0 unspecified atom stereocenters. The molecule has 0 aliphatic rings. The van der Waals surface area contributed by atoms with E-state index in [1.807, 2.05) is 47.8 Å². The Hall–Kier alpha value is -4.30. The summed E-state index contributed by atoms with van der Waals surface area (Å²) in [4.78, 5) is 23.9. The monoisotopic (exact) mass is 579 g/mol. The number of halogens is 3. The maximum absolute atomic E-state index is 13.5. The van der Waals surface area contributed by atoms with Gasteiger partial charge in [0.15, 0.2) is 17.0 Å². The van der Waals surface area contributed by atoms with Gasteiger partial charge in [-0.2, -0.15) is 8.78 Å². The van der Waals surface area contributed by atoms with E-state index in [1.54, 1.807) is 24.5 Å². The summed E-state index contributed by atoms with van der Waals surface area (Å²) in [5.74, 6) is -1.37. The van der Waals surface area contributed by atoms with Crippen molar-refractivity contribution in [3.05, 3.63) is 90.1 Å². The van der Waals surface area contributed by atoms with Gasteiger partial charge in [-0.15, -0.1) is 0 Å². The minimum atomic E-state index is -0.743. The molecule has 0 saturated heterocycles. The molecule has 1 N–H and O–H groups in total. The molecule has 0 bridgehead atoms. The van der Waals surface area contributed by atoms with Gasteiger partial charge in [0, 0.05) is 38.9 Å². The van der Waals surface area contributed by atoms with Crippen LogP contribution in [0.4, 0.5) is 8.78 Å². The lowest BCUT2D eigenvalue weighted by molar-refractivity contribution is 0.423. The van der Waals surface area contributed by atoms with Crippen LogP contribution in [0.5, 0.6) is 5.75 Å². The summed E-state index contributed by atoms with van der Waals surface area (Å²) < 4.78 is 34.8. The summed E-state index contributed by atoms with van der Waals surface area (Å²) in [6, 6.07) is 9.98. The second kappa shape index (κ2) is 12.3. The van der Waals surface area contributed by atoms with Crippen LogP contribution in [-0.2, 0) is 14.1 Å². The Balaban J connectivity index is 0.000000140. The molecule has 0 atom stereocenters. The minimum Gasteiger partial charge on any atom is -0.534 e. The fraction of sp³-hybridized carbons (Fsp3) is 0.0833. The molecular weight excluding hydrogens is 561 g/mol. The van der Waals surface area contributed by atoms with E-state index >= 15 is 0 Å². The Morgan fingerprint density at radius 1 is 0.816 bits per heavy atom. The van der Waals surface area contributed by atoms with Crippen LogP contribution in [0.25, 0.3) is 33.6 Å². The molecule has 0 saturated carbocycles. The van der Waals surface area contributed by atoms with E-state index in [4.69, 9.17) is 5.02 Å². The number of rotatable bonds is 3. The zero-order valence-electron chi connectivity index (χ0n) is 20.1. The summed E-state index contributed by atoms with van der Waals surface area (Å²) >= 11 is 3.26. The predicted molar refractivity (Wildman–Crippen MR) is 141 cm³/mol. The normalized spacial score (nSPS) is 10.4. The smallest absolute Gasteiger partial charge is 0.534 e. The fourth-order valence-corrected chi connectivity index (χ4v) is 3.51. The molecule has 0 amide bonds. The van der Waals surface area contributed by atoms with Gasteiger partial charge in [-0.25, -0.2) is 19.9 Å². The molecule has 6 rings (SSSR count). The van der Waals surface area contributed by atoms with Crippen molar-refractivity contribution in [1.29, 1.82) is 0 Å². The quantitative estimate of drug-likeness (QED) is 0.247. The van der Waals surface area contributed by atoms with Gasteiger partial charge in [0.1, 0.15) is 15.6 Å². The number of aryl methyl sites for hydroxylation is 2. The molecule has 0 aliphatic heterocycles. The highest BCUT2D eigenvalue weighted by Gasteiger charge is 2.09. The molecule has 38 heavy (non-hydrogen) atoms. The van der Waals surface area contributed by atoms with E-state index in [0.29, 0.717) is 18.9 Å². The zero-order valence-corrected chi connectivity index (χ0v) is 21.7. The van der Waals surface area contributed by atoms with Gasteiger partial charge in [-0.1, -0.05) is 0 Å². The largest absolute Gasteiger partial charge is 0.569 e. The van der Waals surface area contributed by atoms with Crippen molar-refractivity contribution < 1.29 is 18.5 Å². The van der Waals surface area contributed by atoms with Crippen LogP contribution < -0.4 is 4.65 Å². The molecule has 6 aromatic rings. The highest BCUT2D eigenvalue weighted by atomic mass is 79.9. The summed E-state index contributed by atoms with van der Waals surface area (Å²) in [6.45, 7) is 0. The van der Waals surface area contributed by atoms with Gasteiger partial charge in [-0.05, 0) is 52.3 Å². The molecule has 191 valence electrons. The first-order chi connectivity index (χ1) is 18.4. The van der Waals surface area contributed by atoms with Gasteiger partial charge in [0.25, 0.3) is 5.95 Å². The summed E-state index contributed by atoms with van der Waals surface area (Å²) in [6.07, 6.45) is 9.77. The maximum Gasteiger partial charge on any atom is 0.569 e. The van der Waals surface area contributed by atoms with Crippen LogP contribution in [-0.4, -0.2) is 51.7 Å². The third-order valence-corrected chi connectivity index (χ3v) is 5.44. The van der Waals surface area contributed by atoms with Gasteiger partial charge in [-0.3, -0.25) is 9.97 Å². The average Bonchev–Trinajstić information content (AvgIpc) is 3.48. The molecule has 0 aromatic carbocycles. The van der Waals surface area contributed by atoms with Crippen LogP contribution >= 0.6 is 15.9 Å². The number of pyridine rings is 2. The van der Waals surface area contributed by atoms with E-state index in [2.05, 4.69) is 50.5 Å². The van der Waals surface area contributed by atoms with E-state index in [0.717, 1.165) is 26.9 Å².